The van der Waals surface area contributed by atoms with Gasteiger partial charge < -0.3 is 30.3 Å². The summed E-state index contributed by atoms with van der Waals surface area (Å²) >= 11 is 0. The summed E-state index contributed by atoms with van der Waals surface area (Å²) in [5.74, 6) is 7.37. The molecule has 0 saturated heterocycles. The number of hydrogen-bond acceptors (Lipinski definition) is 10. The summed E-state index contributed by atoms with van der Waals surface area (Å²) < 4.78 is 17.9. The predicted molar refractivity (Wildman–Crippen MR) is 120 cm³/mol. The van der Waals surface area contributed by atoms with Gasteiger partial charge in [-0.2, -0.15) is 0 Å². The topological polar surface area (TPSA) is 164 Å². The third kappa shape index (κ3) is 4.97. The Labute approximate surface area is 189 Å². The number of pyridine rings is 1. The lowest BCUT2D eigenvalue weighted by Gasteiger charge is -2.12. The number of nitrogen functional groups attached to an aromatic ring is 1. The van der Waals surface area contributed by atoms with Crippen LogP contribution in [0.15, 0.2) is 33.5 Å². The van der Waals surface area contributed by atoms with Gasteiger partial charge >= 0.3 is 0 Å². The van der Waals surface area contributed by atoms with Crippen LogP contribution < -0.4 is 16.2 Å². The van der Waals surface area contributed by atoms with Crippen LogP contribution in [0, 0.1) is 11.8 Å². The van der Waals surface area contributed by atoms with E-state index in [9.17, 15) is 5.11 Å². The monoisotopic (exact) mass is 451 g/mol. The molecule has 0 radical (unpaired) electrons. The number of anilines is 1. The maximum absolute atomic E-state index is 10.1. The van der Waals surface area contributed by atoms with E-state index in [-0.39, 0.29) is 18.5 Å². The average molecular weight is 451 g/mol. The highest BCUT2D eigenvalue weighted by atomic mass is 16.6. The van der Waals surface area contributed by atoms with E-state index >= 15 is 0 Å². The first-order valence-corrected chi connectivity index (χ1v) is 10.4. The number of aryl methyl sites for hydroxylation is 1. The van der Waals surface area contributed by atoms with Crippen LogP contribution in [0.2, 0.25) is 0 Å². The Bertz CT molecular complexity index is 1310. The smallest absolute Gasteiger partial charge is 0.216 e. The van der Waals surface area contributed by atoms with Gasteiger partial charge in [0.1, 0.15) is 29.2 Å². The lowest BCUT2D eigenvalue weighted by atomic mass is 10.1. The van der Waals surface area contributed by atoms with Gasteiger partial charge in [0, 0.05) is 25.1 Å². The first-order valence-electron chi connectivity index (χ1n) is 10.4. The molecule has 0 bridgehead atoms. The van der Waals surface area contributed by atoms with Gasteiger partial charge in [0.25, 0.3) is 0 Å². The molecule has 33 heavy (non-hydrogen) atoms. The average Bonchev–Trinajstić information content (AvgIpc) is 3.49. The van der Waals surface area contributed by atoms with Gasteiger partial charge in [0.05, 0.1) is 11.8 Å². The molecule has 0 aromatic carbocycles. The number of aromatic nitrogens is 5. The van der Waals surface area contributed by atoms with Crippen LogP contribution in [0.4, 0.5) is 5.82 Å². The molecule has 11 nitrogen and oxygen atoms in total. The summed E-state index contributed by atoms with van der Waals surface area (Å²) in [6.07, 6.45) is 2.13. The molecule has 0 amide bonds. The maximum atomic E-state index is 10.1. The molecule has 5 N–H and O–H groups in total. The summed E-state index contributed by atoms with van der Waals surface area (Å²) in [5.41, 5.74) is 12.7. The Morgan fingerprint density at radius 1 is 1.30 bits per heavy atom. The van der Waals surface area contributed by atoms with Crippen LogP contribution >= 0.6 is 0 Å². The summed E-state index contributed by atoms with van der Waals surface area (Å²) in [7, 11) is 0. The van der Waals surface area contributed by atoms with Crippen LogP contribution in [-0.4, -0.2) is 48.2 Å². The standard InChI is InChI=1S/C22H25N7O4/c1-4-29-16-11-17(32-12-13(23)10-14-6-5-9-31-14)25-15(7-8-22(2,3)30)18(16)26-21(29)19-20(24)28-33-27-19/h5-6,9,11,13,30H,4,10,12,23H2,1-3H3,(H2,24,28)/t13-/m0/s1. The van der Waals surface area contributed by atoms with Crippen LogP contribution in [-0.2, 0) is 13.0 Å². The summed E-state index contributed by atoms with van der Waals surface area (Å²) in [6, 6.07) is 5.13. The van der Waals surface area contributed by atoms with Gasteiger partial charge in [-0.25, -0.2) is 14.6 Å². The van der Waals surface area contributed by atoms with Gasteiger partial charge in [0.2, 0.25) is 5.88 Å². The van der Waals surface area contributed by atoms with Crippen molar-refractivity contribution in [2.45, 2.75) is 45.4 Å². The zero-order valence-corrected chi connectivity index (χ0v) is 18.6. The minimum absolute atomic E-state index is 0.123. The Hall–Kier alpha value is -3.88. The van der Waals surface area contributed by atoms with Crippen molar-refractivity contribution in [1.29, 1.82) is 0 Å². The van der Waals surface area contributed by atoms with Crippen molar-refractivity contribution in [3.8, 4) is 29.2 Å². The minimum atomic E-state index is -1.22. The molecule has 1 atom stereocenters. The predicted octanol–water partition coefficient (Wildman–Crippen LogP) is 1.75. The van der Waals surface area contributed by atoms with E-state index in [1.54, 1.807) is 26.2 Å². The number of nitrogens with two attached hydrogens (primary N) is 2. The number of nitrogens with zero attached hydrogens (tertiary/aromatic N) is 5. The van der Waals surface area contributed by atoms with Crippen molar-refractivity contribution in [3.63, 3.8) is 0 Å². The fraction of sp³-hybridized carbons (Fsp3) is 0.364. The van der Waals surface area contributed by atoms with Crippen LogP contribution in [0.1, 0.15) is 32.2 Å². The maximum Gasteiger partial charge on any atom is 0.216 e. The third-order valence-electron chi connectivity index (χ3n) is 4.73. The second kappa shape index (κ2) is 8.93. The van der Waals surface area contributed by atoms with E-state index < -0.39 is 5.60 Å². The fourth-order valence-corrected chi connectivity index (χ4v) is 3.26. The molecule has 4 aromatic rings. The lowest BCUT2D eigenvalue weighted by molar-refractivity contribution is 0.143. The lowest BCUT2D eigenvalue weighted by Crippen LogP contribution is -2.30. The Kier molecular flexibility index (Phi) is 6.04. The molecule has 172 valence electrons. The minimum Gasteiger partial charge on any atom is -0.476 e. The zero-order valence-electron chi connectivity index (χ0n) is 18.6. The van der Waals surface area contributed by atoms with Crippen LogP contribution in [0.5, 0.6) is 5.88 Å². The largest absolute Gasteiger partial charge is 0.476 e. The van der Waals surface area contributed by atoms with Gasteiger partial charge in [-0.15, -0.1) is 0 Å². The van der Waals surface area contributed by atoms with Crippen molar-refractivity contribution < 1.29 is 18.9 Å². The normalized spacial score (nSPS) is 12.5. The van der Waals surface area contributed by atoms with Crippen molar-refractivity contribution in [2.24, 2.45) is 5.73 Å². The Morgan fingerprint density at radius 2 is 2.12 bits per heavy atom. The molecular formula is C22H25N7O4. The van der Waals surface area contributed by atoms with E-state index in [0.717, 1.165) is 5.76 Å². The number of furan rings is 1. The van der Waals surface area contributed by atoms with E-state index in [4.69, 9.17) is 25.3 Å². The van der Waals surface area contributed by atoms with Gasteiger partial charge in [-0.1, -0.05) is 5.92 Å². The highest BCUT2D eigenvalue weighted by Gasteiger charge is 2.22. The first-order chi connectivity index (χ1) is 15.7. The van der Waals surface area contributed by atoms with E-state index in [2.05, 4.69) is 32.1 Å². The zero-order chi connectivity index (χ0) is 23.6. The van der Waals surface area contributed by atoms with Crippen molar-refractivity contribution >= 4 is 16.9 Å². The second-order valence-electron chi connectivity index (χ2n) is 8.02. The number of hydrogen-bond donors (Lipinski definition) is 3. The first kappa shape index (κ1) is 22.3. The molecule has 0 aliphatic carbocycles. The number of ether oxygens (including phenoxy) is 1. The van der Waals surface area contributed by atoms with Crippen molar-refractivity contribution in [2.75, 3.05) is 12.3 Å². The van der Waals surface area contributed by atoms with Crippen LogP contribution in [0.25, 0.3) is 22.6 Å². The van der Waals surface area contributed by atoms with E-state index in [1.165, 1.54) is 0 Å². The fourth-order valence-electron chi connectivity index (χ4n) is 3.26. The summed E-state index contributed by atoms with van der Waals surface area (Å²) in [5, 5.41) is 17.6. The van der Waals surface area contributed by atoms with E-state index in [1.807, 2.05) is 23.6 Å². The number of fused-ring (bicyclic) bond motifs is 1. The van der Waals surface area contributed by atoms with Crippen molar-refractivity contribution in [3.05, 3.63) is 35.9 Å². The van der Waals surface area contributed by atoms with Gasteiger partial charge in [-0.3, -0.25) is 0 Å². The Morgan fingerprint density at radius 3 is 2.76 bits per heavy atom. The third-order valence-corrected chi connectivity index (χ3v) is 4.73. The van der Waals surface area contributed by atoms with Gasteiger partial charge in [0.15, 0.2) is 17.3 Å². The molecular weight excluding hydrogens is 426 g/mol. The summed E-state index contributed by atoms with van der Waals surface area (Å²) in [6.45, 7) is 5.89. The quantitative estimate of drug-likeness (QED) is 0.352. The number of rotatable bonds is 7. The highest BCUT2D eigenvalue weighted by molar-refractivity contribution is 5.86. The Balaban J connectivity index is 1.74. The molecule has 0 spiro atoms. The van der Waals surface area contributed by atoms with Crippen molar-refractivity contribution in [1.82, 2.24) is 24.8 Å². The SMILES string of the molecule is CCn1c(-c2nonc2N)nc2c(C#CC(C)(C)O)nc(OC[C@@H](N)Cc3ccco3)cc21. The molecule has 0 saturated carbocycles. The number of aliphatic hydroxyl groups is 1. The number of imidazole rings is 1. The molecule has 0 fully saturated rings. The van der Waals surface area contributed by atoms with Crippen LogP contribution in [0.3, 0.4) is 0 Å². The second-order valence-corrected chi connectivity index (χ2v) is 8.02. The molecule has 11 heteroatoms. The van der Waals surface area contributed by atoms with Gasteiger partial charge in [-0.05, 0) is 49.1 Å². The molecule has 4 rings (SSSR count). The highest BCUT2D eigenvalue weighted by Crippen LogP contribution is 2.29. The van der Waals surface area contributed by atoms with E-state index in [0.29, 0.717) is 47.1 Å². The molecule has 4 aromatic heterocycles. The molecule has 0 unspecified atom stereocenters. The molecule has 0 aliphatic rings. The molecule has 0 aliphatic heterocycles. The molecule has 4 heterocycles. The summed E-state index contributed by atoms with van der Waals surface area (Å²) in [4.78, 5) is 9.17.